The van der Waals surface area contributed by atoms with Crippen molar-refractivity contribution in [1.82, 2.24) is 0 Å². The fraction of sp³-hybridized carbons (Fsp3) is 0.556. The quantitative estimate of drug-likeness (QED) is 0.568. The standard InChI is InChI=1S/C18H26O4/c1-6-18(4)16(21-17(2,3)22-18)11-12-20-13-14-7-9-15(19-5)10-8-14/h6-10,16H,1,11-13H2,2-5H3/t16-,18-/m1/s1. The van der Waals surface area contributed by atoms with E-state index in [1.807, 2.05) is 51.1 Å². The Morgan fingerprint density at radius 2 is 1.91 bits per heavy atom. The molecule has 0 N–H and O–H groups in total. The Kier molecular flexibility index (Phi) is 5.27. The van der Waals surface area contributed by atoms with E-state index in [0.29, 0.717) is 13.2 Å². The third-order valence-electron chi connectivity index (χ3n) is 3.89. The number of rotatable bonds is 7. The normalized spacial score (nSPS) is 26.8. The van der Waals surface area contributed by atoms with Gasteiger partial charge in [-0.25, -0.2) is 0 Å². The Bertz CT molecular complexity index is 494. The molecule has 2 atom stereocenters. The SMILES string of the molecule is C=C[C@@]1(C)OC(C)(C)O[C@@H]1CCOCc1ccc(OC)cc1. The fourth-order valence-electron chi connectivity index (χ4n) is 2.70. The van der Waals surface area contributed by atoms with Gasteiger partial charge in [-0.15, -0.1) is 6.58 Å². The molecule has 2 rings (SSSR count). The molecule has 1 aromatic carbocycles. The molecule has 1 aliphatic heterocycles. The molecule has 0 amide bonds. The Labute approximate surface area is 133 Å². The van der Waals surface area contributed by atoms with Crippen molar-refractivity contribution in [3.63, 3.8) is 0 Å². The number of hydrogen-bond acceptors (Lipinski definition) is 4. The summed E-state index contributed by atoms with van der Waals surface area (Å²) >= 11 is 0. The van der Waals surface area contributed by atoms with E-state index in [0.717, 1.165) is 17.7 Å². The molecular formula is C18H26O4. The van der Waals surface area contributed by atoms with Crippen LogP contribution in [0.2, 0.25) is 0 Å². The third kappa shape index (κ3) is 4.09. The molecule has 122 valence electrons. The summed E-state index contributed by atoms with van der Waals surface area (Å²) in [6, 6.07) is 7.88. The van der Waals surface area contributed by atoms with E-state index >= 15 is 0 Å². The van der Waals surface area contributed by atoms with Gasteiger partial charge in [-0.2, -0.15) is 0 Å². The summed E-state index contributed by atoms with van der Waals surface area (Å²) in [5.74, 6) is 0.271. The number of benzene rings is 1. The minimum Gasteiger partial charge on any atom is -0.497 e. The summed E-state index contributed by atoms with van der Waals surface area (Å²) in [6.07, 6.45) is 2.54. The lowest BCUT2D eigenvalue weighted by atomic mass is 9.97. The number of ether oxygens (including phenoxy) is 4. The molecule has 1 saturated heterocycles. The first-order valence-electron chi connectivity index (χ1n) is 7.61. The van der Waals surface area contributed by atoms with Gasteiger partial charge < -0.3 is 18.9 Å². The minimum atomic E-state index is -0.580. The van der Waals surface area contributed by atoms with Crippen molar-refractivity contribution in [3.8, 4) is 5.75 Å². The van der Waals surface area contributed by atoms with Crippen molar-refractivity contribution in [1.29, 1.82) is 0 Å². The summed E-state index contributed by atoms with van der Waals surface area (Å²) in [5.41, 5.74) is 0.656. The summed E-state index contributed by atoms with van der Waals surface area (Å²) in [5, 5.41) is 0. The van der Waals surface area contributed by atoms with E-state index in [2.05, 4.69) is 6.58 Å². The van der Waals surface area contributed by atoms with Gasteiger partial charge in [-0.1, -0.05) is 18.2 Å². The van der Waals surface area contributed by atoms with Crippen LogP contribution in [0.5, 0.6) is 5.75 Å². The van der Waals surface area contributed by atoms with E-state index < -0.39 is 11.4 Å². The van der Waals surface area contributed by atoms with Crippen LogP contribution in [0, 0.1) is 0 Å². The lowest BCUT2D eigenvalue weighted by Gasteiger charge is -2.24. The molecule has 0 aliphatic carbocycles. The highest BCUT2D eigenvalue weighted by molar-refractivity contribution is 5.26. The molecule has 0 spiro atoms. The zero-order valence-electron chi connectivity index (χ0n) is 13.9. The van der Waals surface area contributed by atoms with Crippen LogP contribution in [-0.4, -0.2) is 31.2 Å². The highest BCUT2D eigenvalue weighted by atomic mass is 16.8. The van der Waals surface area contributed by atoms with Crippen molar-refractivity contribution in [2.75, 3.05) is 13.7 Å². The largest absolute Gasteiger partial charge is 0.497 e. The lowest BCUT2D eigenvalue weighted by Crippen LogP contribution is -2.35. The van der Waals surface area contributed by atoms with Crippen LogP contribution in [0.3, 0.4) is 0 Å². The monoisotopic (exact) mass is 306 g/mol. The zero-order chi connectivity index (χ0) is 16.2. The van der Waals surface area contributed by atoms with Gasteiger partial charge in [-0.3, -0.25) is 0 Å². The molecule has 1 aliphatic rings. The Morgan fingerprint density at radius 1 is 1.23 bits per heavy atom. The van der Waals surface area contributed by atoms with Gasteiger partial charge >= 0.3 is 0 Å². The topological polar surface area (TPSA) is 36.9 Å². The predicted molar refractivity (Wildman–Crippen MR) is 85.9 cm³/mol. The Morgan fingerprint density at radius 3 is 2.50 bits per heavy atom. The van der Waals surface area contributed by atoms with Crippen LogP contribution in [0.4, 0.5) is 0 Å². The van der Waals surface area contributed by atoms with E-state index in [1.54, 1.807) is 7.11 Å². The van der Waals surface area contributed by atoms with Crippen LogP contribution in [0.25, 0.3) is 0 Å². The fourth-order valence-corrected chi connectivity index (χ4v) is 2.70. The molecule has 4 heteroatoms. The van der Waals surface area contributed by atoms with Crippen LogP contribution >= 0.6 is 0 Å². The van der Waals surface area contributed by atoms with Gasteiger partial charge in [0.15, 0.2) is 5.79 Å². The zero-order valence-corrected chi connectivity index (χ0v) is 13.9. The highest BCUT2D eigenvalue weighted by Crippen LogP contribution is 2.38. The van der Waals surface area contributed by atoms with Crippen molar-refractivity contribution < 1.29 is 18.9 Å². The predicted octanol–water partition coefficient (Wildman–Crippen LogP) is 3.70. The molecule has 0 unspecified atom stereocenters. The van der Waals surface area contributed by atoms with Crippen LogP contribution < -0.4 is 4.74 Å². The summed E-state index contributed by atoms with van der Waals surface area (Å²) in [6.45, 7) is 10.9. The second kappa shape index (κ2) is 6.82. The van der Waals surface area contributed by atoms with Gasteiger partial charge in [0.05, 0.1) is 19.8 Å². The number of hydrogen-bond donors (Lipinski definition) is 0. The Balaban J connectivity index is 1.79. The highest BCUT2D eigenvalue weighted by Gasteiger charge is 2.47. The molecule has 0 saturated carbocycles. The third-order valence-corrected chi connectivity index (χ3v) is 3.89. The maximum atomic E-state index is 5.95. The first-order valence-corrected chi connectivity index (χ1v) is 7.61. The number of methoxy groups -OCH3 is 1. The smallest absolute Gasteiger partial charge is 0.164 e. The van der Waals surface area contributed by atoms with Gasteiger partial charge in [-0.05, 0) is 38.5 Å². The van der Waals surface area contributed by atoms with Gasteiger partial charge in [0.25, 0.3) is 0 Å². The minimum absolute atomic E-state index is 0.0455. The summed E-state index contributed by atoms with van der Waals surface area (Å²) < 4.78 is 22.8. The van der Waals surface area contributed by atoms with Crippen LogP contribution in [0.1, 0.15) is 32.8 Å². The molecule has 0 aromatic heterocycles. The van der Waals surface area contributed by atoms with Crippen molar-refractivity contribution in [3.05, 3.63) is 42.5 Å². The molecule has 0 bridgehead atoms. The van der Waals surface area contributed by atoms with Gasteiger partial charge in [0, 0.05) is 13.0 Å². The van der Waals surface area contributed by atoms with Gasteiger partial charge in [0.1, 0.15) is 11.4 Å². The molecule has 4 nitrogen and oxygen atoms in total. The van der Waals surface area contributed by atoms with Crippen LogP contribution in [0.15, 0.2) is 36.9 Å². The van der Waals surface area contributed by atoms with E-state index in [4.69, 9.17) is 18.9 Å². The second-order valence-electron chi connectivity index (χ2n) is 6.19. The van der Waals surface area contributed by atoms with Gasteiger partial charge in [0.2, 0.25) is 0 Å². The lowest BCUT2D eigenvalue weighted by molar-refractivity contribution is -0.154. The average Bonchev–Trinajstić information content (AvgIpc) is 2.74. The summed E-state index contributed by atoms with van der Waals surface area (Å²) in [7, 11) is 1.66. The van der Waals surface area contributed by atoms with E-state index in [-0.39, 0.29) is 6.10 Å². The van der Waals surface area contributed by atoms with E-state index in [9.17, 15) is 0 Å². The molecular weight excluding hydrogens is 280 g/mol. The van der Waals surface area contributed by atoms with E-state index in [1.165, 1.54) is 0 Å². The van der Waals surface area contributed by atoms with Crippen LogP contribution in [-0.2, 0) is 20.8 Å². The molecule has 1 aromatic rings. The molecule has 0 radical (unpaired) electrons. The maximum Gasteiger partial charge on any atom is 0.164 e. The average molecular weight is 306 g/mol. The first-order chi connectivity index (χ1) is 10.4. The molecule has 1 heterocycles. The van der Waals surface area contributed by atoms with Crippen molar-refractivity contribution in [2.24, 2.45) is 0 Å². The Hall–Kier alpha value is -1.36. The van der Waals surface area contributed by atoms with Crippen molar-refractivity contribution in [2.45, 2.75) is 51.3 Å². The molecule has 22 heavy (non-hydrogen) atoms. The maximum absolute atomic E-state index is 5.95. The second-order valence-corrected chi connectivity index (χ2v) is 6.19. The summed E-state index contributed by atoms with van der Waals surface area (Å²) in [4.78, 5) is 0. The first kappa shape index (κ1) is 17.0. The van der Waals surface area contributed by atoms with Crippen molar-refractivity contribution >= 4 is 0 Å². The molecule has 1 fully saturated rings.